The molecule has 0 aliphatic heterocycles. The van der Waals surface area contributed by atoms with Crippen molar-refractivity contribution in [2.45, 2.75) is 27.3 Å². The first-order valence-electron chi connectivity index (χ1n) is 8.76. The average molecular weight is 415 g/mol. The third kappa shape index (κ3) is 4.91. The summed E-state index contributed by atoms with van der Waals surface area (Å²) in [6.07, 6.45) is 0. The lowest BCUT2D eigenvalue weighted by molar-refractivity contribution is -0.384. The van der Waals surface area contributed by atoms with Crippen molar-refractivity contribution in [1.29, 1.82) is 0 Å². The molecular weight excluding hydrogens is 396 g/mol. The van der Waals surface area contributed by atoms with Crippen molar-refractivity contribution in [3.63, 3.8) is 0 Å². The SMILES string of the molecule is Cc1ccc(Oc2cc(NC(=O)Cn3nc(C)c(Cl)c3C)cc([N+](=O)[O-])c2)cc1. The lowest BCUT2D eigenvalue weighted by Crippen LogP contribution is -2.20. The number of carbonyl (C=O) groups excluding carboxylic acids is 1. The number of halogens is 1. The van der Waals surface area contributed by atoms with Crippen LogP contribution >= 0.6 is 11.6 Å². The van der Waals surface area contributed by atoms with Gasteiger partial charge in [0.05, 0.1) is 33.1 Å². The number of hydrogen-bond donors (Lipinski definition) is 1. The van der Waals surface area contributed by atoms with Crippen LogP contribution in [0.4, 0.5) is 11.4 Å². The minimum atomic E-state index is -0.543. The predicted molar refractivity (Wildman–Crippen MR) is 110 cm³/mol. The Bertz CT molecular complexity index is 1080. The molecule has 0 aliphatic carbocycles. The Balaban J connectivity index is 1.81. The van der Waals surface area contributed by atoms with E-state index in [1.165, 1.54) is 22.9 Å². The Hall–Kier alpha value is -3.39. The number of benzene rings is 2. The highest BCUT2D eigenvalue weighted by molar-refractivity contribution is 6.31. The molecule has 0 aliphatic rings. The number of carbonyl (C=O) groups is 1. The molecule has 3 aromatic rings. The lowest BCUT2D eigenvalue weighted by Gasteiger charge is -2.10. The van der Waals surface area contributed by atoms with Crippen molar-refractivity contribution in [2.75, 3.05) is 5.32 Å². The Morgan fingerprint density at radius 1 is 1.17 bits per heavy atom. The second-order valence-electron chi connectivity index (χ2n) is 6.58. The summed E-state index contributed by atoms with van der Waals surface area (Å²) in [6.45, 7) is 5.38. The van der Waals surface area contributed by atoms with E-state index in [2.05, 4.69) is 10.4 Å². The summed E-state index contributed by atoms with van der Waals surface area (Å²) in [5, 5.41) is 18.6. The molecule has 0 atom stereocenters. The highest BCUT2D eigenvalue weighted by atomic mass is 35.5. The van der Waals surface area contributed by atoms with Gasteiger partial charge in [-0.1, -0.05) is 29.3 Å². The van der Waals surface area contributed by atoms with Crippen LogP contribution in [0.15, 0.2) is 42.5 Å². The number of hydrogen-bond acceptors (Lipinski definition) is 5. The molecule has 0 radical (unpaired) electrons. The third-order valence-corrected chi connectivity index (χ3v) is 4.78. The first-order chi connectivity index (χ1) is 13.7. The number of aryl methyl sites for hydroxylation is 2. The zero-order valence-electron chi connectivity index (χ0n) is 16.1. The maximum absolute atomic E-state index is 12.4. The molecule has 0 saturated carbocycles. The highest BCUT2D eigenvalue weighted by Crippen LogP contribution is 2.30. The van der Waals surface area contributed by atoms with Gasteiger partial charge in [0, 0.05) is 12.1 Å². The van der Waals surface area contributed by atoms with E-state index >= 15 is 0 Å². The number of amides is 1. The van der Waals surface area contributed by atoms with Gasteiger partial charge in [0.25, 0.3) is 5.69 Å². The predicted octanol–water partition coefficient (Wildman–Crippen LogP) is 4.80. The number of nitro benzene ring substituents is 1. The minimum absolute atomic E-state index is 0.0732. The van der Waals surface area contributed by atoms with E-state index < -0.39 is 10.8 Å². The molecule has 1 N–H and O–H groups in total. The Morgan fingerprint density at radius 2 is 1.86 bits per heavy atom. The summed E-state index contributed by atoms with van der Waals surface area (Å²) in [4.78, 5) is 23.1. The van der Waals surface area contributed by atoms with Crippen molar-refractivity contribution in [2.24, 2.45) is 0 Å². The van der Waals surface area contributed by atoms with Gasteiger partial charge in [0.1, 0.15) is 18.0 Å². The second-order valence-corrected chi connectivity index (χ2v) is 6.96. The van der Waals surface area contributed by atoms with Crippen LogP contribution in [0.2, 0.25) is 5.02 Å². The normalized spacial score (nSPS) is 10.6. The zero-order valence-corrected chi connectivity index (χ0v) is 16.9. The molecule has 0 bridgehead atoms. The number of rotatable bonds is 6. The number of nitro groups is 1. The van der Waals surface area contributed by atoms with Gasteiger partial charge in [-0.05, 0) is 32.9 Å². The highest BCUT2D eigenvalue weighted by Gasteiger charge is 2.15. The first kappa shape index (κ1) is 20.3. The minimum Gasteiger partial charge on any atom is -0.457 e. The topological polar surface area (TPSA) is 99.3 Å². The molecular formula is C20H19ClN4O4. The summed E-state index contributed by atoms with van der Waals surface area (Å²) in [6, 6.07) is 11.4. The van der Waals surface area contributed by atoms with Crippen LogP contribution in [0.1, 0.15) is 17.0 Å². The molecule has 9 heteroatoms. The number of ether oxygens (including phenoxy) is 1. The molecule has 1 heterocycles. The van der Waals surface area contributed by atoms with E-state index in [0.29, 0.717) is 22.2 Å². The van der Waals surface area contributed by atoms with Crippen molar-refractivity contribution in [1.82, 2.24) is 9.78 Å². The van der Waals surface area contributed by atoms with Crippen molar-refractivity contribution in [3.8, 4) is 11.5 Å². The summed E-state index contributed by atoms with van der Waals surface area (Å²) in [5.74, 6) is 0.382. The van der Waals surface area contributed by atoms with Crippen LogP contribution in [0.25, 0.3) is 0 Å². The molecule has 8 nitrogen and oxygen atoms in total. The van der Waals surface area contributed by atoms with Gasteiger partial charge in [-0.15, -0.1) is 0 Å². The fraction of sp³-hybridized carbons (Fsp3) is 0.200. The maximum atomic E-state index is 12.4. The number of anilines is 1. The van der Waals surface area contributed by atoms with Gasteiger partial charge in [0.15, 0.2) is 0 Å². The molecule has 1 amide bonds. The molecule has 0 saturated heterocycles. The Morgan fingerprint density at radius 3 is 2.45 bits per heavy atom. The maximum Gasteiger partial charge on any atom is 0.275 e. The Kier molecular flexibility index (Phi) is 5.84. The number of non-ortho nitro benzene ring substituents is 1. The van der Waals surface area contributed by atoms with Gasteiger partial charge in [-0.25, -0.2) is 0 Å². The molecule has 1 aromatic heterocycles. The van der Waals surface area contributed by atoms with Gasteiger partial charge >= 0.3 is 0 Å². The summed E-state index contributed by atoms with van der Waals surface area (Å²) in [7, 11) is 0. The number of aromatic nitrogens is 2. The molecule has 0 unspecified atom stereocenters. The summed E-state index contributed by atoms with van der Waals surface area (Å²) < 4.78 is 7.19. The monoisotopic (exact) mass is 414 g/mol. The fourth-order valence-corrected chi connectivity index (χ4v) is 2.86. The van der Waals surface area contributed by atoms with Crippen LogP contribution in [0, 0.1) is 30.9 Å². The van der Waals surface area contributed by atoms with Crippen LogP contribution in [0.5, 0.6) is 11.5 Å². The van der Waals surface area contributed by atoms with Gasteiger partial charge in [0.2, 0.25) is 5.91 Å². The van der Waals surface area contributed by atoms with Crippen molar-refractivity contribution < 1.29 is 14.5 Å². The van der Waals surface area contributed by atoms with E-state index in [0.717, 1.165) is 5.56 Å². The molecule has 29 heavy (non-hydrogen) atoms. The van der Waals surface area contributed by atoms with E-state index in [9.17, 15) is 14.9 Å². The lowest BCUT2D eigenvalue weighted by atomic mass is 10.2. The molecule has 150 valence electrons. The smallest absolute Gasteiger partial charge is 0.275 e. The molecule has 0 fully saturated rings. The van der Waals surface area contributed by atoms with Crippen LogP contribution in [0.3, 0.4) is 0 Å². The zero-order chi connectivity index (χ0) is 21.1. The number of nitrogens with zero attached hydrogens (tertiary/aromatic N) is 3. The average Bonchev–Trinajstić information content (AvgIpc) is 2.90. The summed E-state index contributed by atoms with van der Waals surface area (Å²) in [5.41, 5.74) is 2.41. The molecule has 2 aromatic carbocycles. The van der Waals surface area contributed by atoms with Crippen LogP contribution in [-0.4, -0.2) is 20.6 Å². The van der Waals surface area contributed by atoms with Crippen molar-refractivity contribution in [3.05, 3.63) is 74.6 Å². The quantitative estimate of drug-likeness (QED) is 0.461. The van der Waals surface area contributed by atoms with Crippen molar-refractivity contribution >= 4 is 28.9 Å². The fourth-order valence-electron chi connectivity index (χ4n) is 2.73. The summed E-state index contributed by atoms with van der Waals surface area (Å²) >= 11 is 6.10. The standard InChI is InChI=1S/C20H19ClN4O4/c1-12-4-6-17(7-5-12)29-18-9-15(8-16(10-18)25(27)28)22-19(26)11-24-14(3)20(21)13(2)23-24/h4-10H,11H2,1-3H3,(H,22,26). The first-order valence-corrected chi connectivity index (χ1v) is 9.14. The van der Waals surface area contributed by atoms with Crippen LogP contribution < -0.4 is 10.1 Å². The third-order valence-electron chi connectivity index (χ3n) is 4.23. The number of nitrogens with one attached hydrogen (secondary N) is 1. The van der Waals surface area contributed by atoms with Gasteiger partial charge in [-0.3, -0.25) is 19.6 Å². The van der Waals surface area contributed by atoms with E-state index in [4.69, 9.17) is 16.3 Å². The van der Waals surface area contributed by atoms with E-state index in [1.54, 1.807) is 26.0 Å². The van der Waals surface area contributed by atoms with E-state index in [-0.39, 0.29) is 23.7 Å². The van der Waals surface area contributed by atoms with E-state index in [1.807, 2.05) is 19.1 Å². The second kappa shape index (κ2) is 8.32. The van der Waals surface area contributed by atoms with Gasteiger partial charge < -0.3 is 10.1 Å². The Labute approximate surface area is 172 Å². The molecule has 0 spiro atoms. The van der Waals surface area contributed by atoms with Gasteiger partial charge in [-0.2, -0.15) is 5.10 Å². The largest absolute Gasteiger partial charge is 0.457 e. The van der Waals surface area contributed by atoms with Crippen LogP contribution in [-0.2, 0) is 11.3 Å². The molecule has 3 rings (SSSR count).